The summed E-state index contributed by atoms with van der Waals surface area (Å²) in [5.41, 5.74) is 4.86. The van der Waals surface area contributed by atoms with Crippen molar-refractivity contribution in [3.63, 3.8) is 0 Å². The summed E-state index contributed by atoms with van der Waals surface area (Å²) < 4.78 is 23.1. The van der Waals surface area contributed by atoms with Gasteiger partial charge in [-0.2, -0.15) is 5.10 Å². The van der Waals surface area contributed by atoms with E-state index in [1.54, 1.807) is 23.4 Å². The van der Waals surface area contributed by atoms with Crippen molar-refractivity contribution in [2.24, 2.45) is 0 Å². The van der Waals surface area contributed by atoms with Crippen molar-refractivity contribution in [1.82, 2.24) is 19.7 Å². The number of hydrogen-bond donors (Lipinski definition) is 1. The Bertz CT molecular complexity index is 1400. The number of nitrogens with zero attached hydrogens (tertiary/aromatic N) is 4. The minimum atomic E-state index is -0.614. The van der Waals surface area contributed by atoms with Crippen molar-refractivity contribution in [3.05, 3.63) is 71.1 Å². The highest BCUT2D eigenvalue weighted by atomic mass is 19.1. The molecule has 2 aliphatic rings. The monoisotopic (exact) mass is 459 g/mol. The molecule has 174 valence electrons. The van der Waals surface area contributed by atoms with E-state index in [9.17, 15) is 4.79 Å². The highest BCUT2D eigenvalue weighted by molar-refractivity contribution is 6.11. The Hall–Kier alpha value is -3.68. The van der Waals surface area contributed by atoms with E-state index in [2.05, 4.69) is 9.97 Å². The zero-order valence-corrected chi connectivity index (χ0v) is 19.2. The van der Waals surface area contributed by atoms with Crippen LogP contribution in [-0.4, -0.2) is 32.3 Å². The van der Waals surface area contributed by atoms with E-state index in [1.165, 1.54) is 6.07 Å². The van der Waals surface area contributed by atoms with Crippen LogP contribution in [0.5, 0.6) is 5.75 Å². The Morgan fingerprint density at radius 1 is 1.21 bits per heavy atom. The number of amides is 1. The van der Waals surface area contributed by atoms with Crippen molar-refractivity contribution in [3.8, 4) is 5.75 Å². The highest BCUT2D eigenvalue weighted by Gasteiger charge is 2.46. The molecule has 7 nitrogen and oxygen atoms in total. The molecule has 6 rings (SSSR count). The molecular weight excluding hydrogens is 433 g/mol. The topological polar surface area (TPSA) is 76.0 Å². The molecule has 1 amide bonds. The Kier molecular flexibility index (Phi) is 4.90. The molecule has 1 aliphatic heterocycles. The number of carbonyl (C=O) groups is 1. The summed E-state index contributed by atoms with van der Waals surface area (Å²) in [5.74, 6) is -0.0697. The Morgan fingerprint density at radius 3 is 2.79 bits per heavy atom. The van der Waals surface area contributed by atoms with E-state index < -0.39 is 11.9 Å². The van der Waals surface area contributed by atoms with E-state index in [1.807, 2.05) is 36.7 Å². The van der Waals surface area contributed by atoms with Crippen molar-refractivity contribution in [1.29, 1.82) is 0 Å². The van der Waals surface area contributed by atoms with Gasteiger partial charge in [0.1, 0.15) is 17.3 Å². The average Bonchev–Trinajstić information content (AvgIpc) is 3.46. The molecule has 0 bridgehead atoms. The standard InChI is InChI=1S/C26H26FN5O2/c1-3-11-34-18-8-9-19(20(27)13-18)24-23-15(2)30-32(16-5-4-6-16)25(23)26(33)31(24)17-7-10-21-22(12-17)29-14-28-21/h7-10,12-14,16,24H,3-6,11H2,1-2H3,(H,28,29). The number of nitrogens with one attached hydrogen (secondary N) is 1. The average molecular weight is 460 g/mol. The number of benzene rings is 2. The van der Waals surface area contributed by atoms with Gasteiger partial charge in [0.25, 0.3) is 5.91 Å². The van der Waals surface area contributed by atoms with E-state index >= 15 is 4.39 Å². The number of rotatable bonds is 6. The summed E-state index contributed by atoms with van der Waals surface area (Å²) >= 11 is 0. The summed E-state index contributed by atoms with van der Waals surface area (Å²) in [7, 11) is 0. The molecule has 1 fully saturated rings. The van der Waals surface area contributed by atoms with Crippen molar-refractivity contribution >= 4 is 22.6 Å². The molecule has 1 N–H and O–H groups in total. The van der Waals surface area contributed by atoms with Crippen molar-refractivity contribution in [2.75, 3.05) is 11.5 Å². The van der Waals surface area contributed by atoms with Crippen LogP contribution in [0.25, 0.3) is 11.0 Å². The molecule has 0 radical (unpaired) electrons. The summed E-state index contributed by atoms with van der Waals surface area (Å²) in [6, 6.07) is 10.2. The molecule has 34 heavy (non-hydrogen) atoms. The van der Waals surface area contributed by atoms with Gasteiger partial charge >= 0.3 is 0 Å². The van der Waals surface area contributed by atoms with E-state index in [0.717, 1.165) is 48.0 Å². The van der Waals surface area contributed by atoms with E-state index in [4.69, 9.17) is 9.84 Å². The van der Waals surface area contributed by atoms with Gasteiger partial charge in [0.05, 0.1) is 41.7 Å². The van der Waals surface area contributed by atoms with Crippen molar-refractivity contribution < 1.29 is 13.9 Å². The van der Waals surface area contributed by atoms with Gasteiger partial charge in [-0.25, -0.2) is 9.37 Å². The van der Waals surface area contributed by atoms with Crippen LogP contribution in [0.4, 0.5) is 10.1 Å². The minimum absolute atomic E-state index is 0.155. The quantitative estimate of drug-likeness (QED) is 0.415. The predicted octanol–water partition coefficient (Wildman–Crippen LogP) is 5.47. The molecule has 1 atom stereocenters. The molecule has 1 unspecified atom stereocenters. The number of aryl methyl sites for hydroxylation is 1. The van der Waals surface area contributed by atoms with Crippen LogP contribution in [0.3, 0.4) is 0 Å². The van der Waals surface area contributed by atoms with Gasteiger partial charge in [-0.15, -0.1) is 0 Å². The van der Waals surface area contributed by atoms with Gasteiger partial charge in [0.15, 0.2) is 0 Å². The SMILES string of the molecule is CCCOc1ccc(C2c3c(C)nn(C4CCC4)c3C(=O)N2c2ccc3nc[nH]c3c2)c(F)c1. The third-order valence-corrected chi connectivity index (χ3v) is 6.93. The third kappa shape index (κ3) is 3.12. The Labute approximate surface area is 196 Å². The predicted molar refractivity (Wildman–Crippen MR) is 127 cm³/mol. The lowest BCUT2D eigenvalue weighted by atomic mass is 9.93. The first-order valence-corrected chi connectivity index (χ1v) is 11.8. The van der Waals surface area contributed by atoms with Gasteiger partial charge < -0.3 is 9.72 Å². The molecule has 8 heteroatoms. The maximum Gasteiger partial charge on any atom is 0.277 e. The maximum atomic E-state index is 15.6. The van der Waals surface area contributed by atoms with Crippen LogP contribution in [-0.2, 0) is 0 Å². The van der Waals surface area contributed by atoms with Gasteiger partial charge in [-0.3, -0.25) is 14.4 Å². The molecule has 0 spiro atoms. The fraction of sp³-hybridized carbons (Fsp3) is 0.346. The number of imidazole rings is 1. The molecule has 1 saturated carbocycles. The summed E-state index contributed by atoms with van der Waals surface area (Å²) in [5, 5.41) is 4.74. The fourth-order valence-corrected chi connectivity index (χ4v) is 5.03. The fourth-order valence-electron chi connectivity index (χ4n) is 5.03. The van der Waals surface area contributed by atoms with Crippen LogP contribution < -0.4 is 9.64 Å². The molecule has 1 aliphatic carbocycles. The van der Waals surface area contributed by atoms with Crippen LogP contribution in [0.2, 0.25) is 0 Å². The van der Waals surface area contributed by atoms with Crippen LogP contribution in [0.15, 0.2) is 42.7 Å². The second-order valence-corrected chi connectivity index (χ2v) is 9.09. The zero-order valence-electron chi connectivity index (χ0n) is 19.2. The number of hydrogen-bond acceptors (Lipinski definition) is 4. The van der Waals surface area contributed by atoms with Crippen LogP contribution >= 0.6 is 0 Å². The Morgan fingerprint density at radius 2 is 2.06 bits per heavy atom. The molecule has 2 aromatic heterocycles. The second-order valence-electron chi connectivity index (χ2n) is 9.09. The van der Waals surface area contributed by atoms with Crippen LogP contribution in [0.1, 0.15) is 72.0 Å². The zero-order chi connectivity index (χ0) is 23.4. The lowest BCUT2D eigenvalue weighted by Gasteiger charge is -2.28. The lowest BCUT2D eigenvalue weighted by Crippen LogP contribution is -2.32. The van der Waals surface area contributed by atoms with E-state index in [-0.39, 0.29) is 11.9 Å². The lowest BCUT2D eigenvalue weighted by molar-refractivity contribution is 0.0976. The highest BCUT2D eigenvalue weighted by Crippen LogP contribution is 2.46. The van der Waals surface area contributed by atoms with Crippen LogP contribution in [0, 0.1) is 12.7 Å². The number of carbonyl (C=O) groups excluding carboxylic acids is 1. The number of anilines is 1. The van der Waals surface area contributed by atoms with Gasteiger partial charge in [-0.05, 0) is 62.9 Å². The first kappa shape index (κ1) is 20.9. The maximum absolute atomic E-state index is 15.6. The number of halogens is 1. The number of H-pyrrole nitrogens is 1. The summed E-state index contributed by atoms with van der Waals surface area (Å²) in [6.07, 6.45) is 5.60. The largest absolute Gasteiger partial charge is 0.494 e. The Balaban J connectivity index is 1.51. The smallest absolute Gasteiger partial charge is 0.277 e. The molecule has 4 aromatic rings. The molecule has 2 aromatic carbocycles. The number of aromatic nitrogens is 4. The van der Waals surface area contributed by atoms with E-state index in [0.29, 0.717) is 29.3 Å². The van der Waals surface area contributed by atoms with Crippen molar-refractivity contribution in [2.45, 2.75) is 51.6 Å². The number of ether oxygens (including phenoxy) is 1. The second kappa shape index (κ2) is 7.97. The first-order valence-electron chi connectivity index (χ1n) is 11.8. The first-order chi connectivity index (χ1) is 16.6. The molecule has 3 heterocycles. The normalized spacial score (nSPS) is 17.9. The molecule has 0 saturated heterocycles. The third-order valence-electron chi connectivity index (χ3n) is 6.93. The summed E-state index contributed by atoms with van der Waals surface area (Å²) in [6.45, 7) is 4.44. The summed E-state index contributed by atoms with van der Waals surface area (Å²) in [4.78, 5) is 23.0. The number of aromatic amines is 1. The minimum Gasteiger partial charge on any atom is -0.494 e. The molecular formula is C26H26FN5O2. The van der Waals surface area contributed by atoms with Gasteiger partial charge in [0, 0.05) is 22.9 Å². The van der Waals surface area contributed by atoms with Gasteiger partial charge in [-0.1, -0.05) is 6.92 Å². The number of fused-ring (bicyclic) bond motifs is 2. The van der Waals surface area contributed by atoms with Gasteiger partial charge in [0.2, 0.25) is 0 Å².